The lowest BCUT2D eigenvalue weighted by molar-refractivity contribution is -0.137. The molecule has 0 aliphatic carbocycles. The van der Waals surface area contributed by atoms with Crippen molar-refractivity contribution in [3.05, 3.63) is 12.3 Å². The van der Waals surface area contributed by atoms with Crippen LogP contribution in [0.4, 0.5) is 5.82 Å². The molecule has 1 aromatic heterocycles. The molecule has 2 rings (SSSR count). The number of carboxylic acid groups (broad SMARTS) is 1. The second kappa shape index (κ2) is 7.75. The molecule has 2 N–H and O–H groups in total. The Morgan fingerprint density at radius 2 is 2.43 bits per heavy atom. The number of aromatic nitrogens is 2. The molecule has 1 aliphatic heterocycles. The van der Waals surface area contributed by atoms with Gasteiger partial charge in [0.2, 0.25) is 5.91 Å². The third kappa shape index (κ3) is 5.52. The van der Waals surface area contributed by atoms with E-state index in [-0.39, 0.29) is 25.0 Å². The summed E-state index contributed by atoms with van der Waals surface area (Å²) in [4.78, 5) is 22.2. The number of ether oxygens (including phenoxy) is 2. The molecule has 8 heteroatoms. The van der Waals surface area contributed by atoms with Crippen molar-refractivity contribution in [1.82, 2.24) is 9.78 Å². The van der Waals surface area contributed by atoms with Gasteiger partial charge in [-0.25, -0.2) is 0 Å². The summed E-state index contributed by atoms with van der Waals surface area (Å²) >= 11 is 0. The van der Waals surface area contributed by atoms with E-state index in [0.717, 1.165) is 19.4 Å². The highest BCUT2D eigenvalue weighted by Gasteiger charge is 2.15. The molecule has 0 spiro atoms. The number of anilines is 1. The van der Waals surface area contributed by atoms with Crippen molar-refractivity contribution in [3.8, 4) is 0 Å². The van der Waals surface area contributed by atoms with Crippen molar-refractivity contribution >= 4 is 17.7 Å². The average molecular weight is 297 g/mol. The Bertz CT molecular complexity index is 482. The van der Waals surface area contributed by atoms with Gasteiger partial charge in [-0.15, -0.1) is 0 Å². The third-order valence-electron chi connectivity index (χ3n) is 3.01. The Balaban J connectivity index is 1.62. The normalized spacial score (nSPS) is 17.8. The number of carbonyl (C=O) groups is 2. The maximum absolute atomic E-state index is 11.7. The molecule has 1 saturated heterocycles. The summed E-state index contributed by atoms with van der Waals surface area (Å²) in [5, 5.41) is 15.1. The minimum Gasteiger partial charge on any atom is -0.480 e. The maximum atomic E-state index is 11.7. The fourth-order valence-corrected chi connectivity index (χ4v) is 2.02. The molecule has 1 amide bonds. The maximum Gasteiger partial charge on any atom is 0.325 e. The number of rotatable bonds is 8. The van der Waals surface area contributed by atoms with Gasteiger partial charge in [-0.1, -0.05) is 0 Å². The van der Waals surface area contributed by atoms with E-state index in [4.69, 9.17) is 14.6 Å². The summed E-state index contributed by atoms with van der Waals surface area (Å²) in [6, 6.07) is 1.55. The fourth-order valence-electron chi connectivity index (χ4n) is 2.02. The van der Waals surface area contributed by atoms with Crippen LogP contribution in [0.25, 0.3) is 0 Å². The zero-order valence-corrected chi connectivity index (χ0v) is 11.7. The SMILES string of the molecule is O=C(O)Cn1ccc(NC(=O)CCOCC2CCCO2)n1. The standard InChI is InChI=1S/C13H19N3O5/c17-12(4-7-20-9-10-2-1-6-21-10)14-11-3-5-16(15-11)8-13(18)19/h3,5,10H,1-2,4,6-9H2,(H,18,19)(H,14,15,17). The van der Waals surface area contributed by atoms with Gasteiger partial charge < -0.3 is 19.9 Å². The van der Waals surface area contributed by atoms with Gasteiger partial charge in [0.05, 0.1) is 25.7 Å². The van der Waals surface area contributed by atoms with Crippen LogP contribution in [0.5, 0.6) is 0 Å². The molecule has 0 aromatic carbocycles. The van der Waals surface area contributed by atoms with Crippen LogP contribution in [0, 0.1) is 0 Å². The van der Waals surface area contributed by atoms with E-state index >= 15 is 0 Å². The first-order valence-electron chi connectivity index (χ1n) is 6.88. The van der Waals surface area contributed by atoms with Gasteiger partial charge in [0, 0.05) is 18.9 Å². The molecule has 1 unspecified atom stereocenters. The number of aliphatic carboxylic acids is 1. The summed E-state index contributed by atoms with van der Waals surface area (Å²) < 4.78 is 12.0. The summed E-state index contributed by atoms with van der Waals surface area (Å²) in [7, 11) is 0. The lowest BCUT2D eigenvalue weighted by Gasteiger charge is -2.09. The molecule has 2 heterocycles. The predicted molar refractivity (Wildman–Crippen MR) is 72.9 cm³/mol. The number of nitrogens with one attached hydrogen (secondary N) is 1. The number of carbonyl (C=O) groups excluding carboxylic acids is 1. The van der Waals surface area contributed by atoms with Gasteiger partial charge in [0.25, 0.3) is 0 Å². The van der Waals surface area contributed by atoms with Gasteiger partial charge in [-0.2, -0.15) is 5.10 Å². The Kier molecular flexibility index (Phi) is 5.70. The second-order valence-electron chi connectivity index (χ2n) is 4.80. The van der Waals surface area contributed by atoms with Crippen LogP contribution in [0.3, 0.4) is 0 Å². The third-order valence-corrected chi connectivity index (χ3v) is 3.01. The monoisotopic (exact) mass is 297 g/mol. The van der Waals surface area contributed by atoms with E-state index in [1.165, 1.54) is 10.9 Å². The molecule has 0 bridgehead atoms. The van der Waals surface area contributed by atoms with Crippen LogP contribution in [0.2, 0.25) is 0 Å². The topological polar surface area (TPSA) is 103 Å². The van der Waals surface area contributed by atoms with Crippen molar-refractivity contribution in [2.45, 2.75) is 31.9 Å². The zero-order valence-electron chi connectivity index (χ0n) is 11.7. The number of amides is 1. The number of hydrogen-bond acceptors (Lipinski definition) is 5. The van der Waals surface area contributed by atoms with Gasteiger partial charge in [-0.05, 0) is 12.8 Å². The van der Waals surface area contributed by atoms with Crippen molar-refractivity contribution in [2.75, 3.05) is 25.1 Å². The van der Waals surface area contributed by atoms with Crippen LogP contribution in [-0.2, 0) is 25.6 Å². The lowest BCUT2D eigenvalue weighted by Crippen LogP contribution is -2.18. The van der Waals surface area contributed by atoms with Crippen LogP contribution in [0.15, 0.2) is 12.3 Å². The zero-order chi connectivity index (χ0) is 15.1. The largest absolute Gasteiger partial charge is 0.480 e. The van der Waals surface area contributed by atoms with Crippen LogP contribution in [-0.4, -0.2) is 52.7 Å². The van der Waals surface area contributed by atoms with Crippen molar-refractivity contribution in [1.29, 1.82) is 0 Å². The average Bonchev–Trinajstić information content (AvgIpc) is 3.06. The van der Waals surface area contributed by atoms with Crippen molar-refractivity contribution < 1.29 is 24.2 Å². The van der Waals surface area contributed by atoms with E-state index in [9.17, 15) is 9.59 Å². The molecule has 0 radical (unpaired) electrons. The Labute approximate surface area is 122 Å². The minimum atomic E-state index is -0.987. The van der Waals surface area contributed by atoms with Crippen molar-refractivity contribution in [2.24, 2.45) is 0 Å². The highest BCUT2D eigenvalue weighted by Crippen LogP contribution is 2.12. The number of hydrogen-bond donors (Lipinski definition) is 2. The summed E-state index contributed by atoms with van der Waals surface area (Å²) in [6.07, 6.45) is 3.94. The molecular weight excluding hydrogens is 278 g/mol. The summed E-state index contributed by atoms with van der Waals surface area (Å²) in [5.41, 5.74) is 0. The quantitative estimate of drug-likeness (QED) is 0.677. The highest BCUT2D eigenvalue weighted by molar-refractivity contribution is 5.89. The van der Waals surface area contributed by atoms with Crippen LogP contribution < -0.4 is 5.32 Å². The second-order valence-corrected chi connectivity index (χ2v) is 4.80. The Morgan fingerprint density at radius 3 is 3.14 bits per heavy atom. The summed E-state index contributed by atoms with van der Waals surface area (Å²) in [5.74, 6) is -0.873. The van der Waals surface area contributed by atoms with E-state index in [1.54, 1.807) is 6.07 Å². The molecule has 21 heavy (non-hydrogen) atoms. The van der Waals surface area contributed by atoms with Gasteiger partial charge in [0.15, 0.2) is 5.82 Å². The molecule has 1 atom stereocenters. The first kappa shape index (κ1) is 15.5. The molecule has 1 fully saturated rings. The first-order chi connectivity index (χ1) is 10.1. The lowest BCUT2D eigenvalue weighted by atomic mass is 10.2. The molecule has 8 nitrogen and oxygen atoms in total. The van der Waals surface area contributed by atoms with E-state index in [0.29, 0.717) is 19.0 Å². The predicted octanol–water partition coefficient (Wildman–Crippen LogP) is 0.492. The molecule has 1 aliphatic rings. The van der Waals surface area contributed by atoms with Crippen molar-refractivity contribution in [3.63, 3.8) is 0 Å². The Morgan fingerprint density at radius 1 is 1.57 bits per heavy atom. The van der Waals surface area contributed by atoms with E-state index in [1.807, 2.05) is 0 Å². The Hall–Kier alpha value is -1.93. The smallest absolute Gasteiger partial charge is 0.325 e. The fraction of sp³-hybridized carbons (Fsp3) is 0.615. The first-order valence-corrected chi connectivity index (χ1v) is 6.88. The highest BCUT2D eigenvalue weighted by atomic mass is 16.5. The molecule has 0 saturated carbocycles. The molecule has 1 aromatic rings. The van der Waals surface area contributed by atoms with Crippen LogP contribution in [0.1, 0.15) is 19.3 Å². The van der Waals surface area contributed by atoms with Crippen LogP contribution >= 0.6 is 0 Å². The molecular formula is C13H19N3O5. The number of carboxylic acids is 1. The van der Waals surface area contributed by atoms with Gasteiger partial charge >= 0.3 is 5.97 Å². The van der Waals surface area contributed by atoms with Gasteiger partial charge in [0.1, 0.15) is 6.54 Å². The van der Waals surface area contributed by atoms with E-state index in [2.05, 4.69) is 10.4 Å². The summed E-state index contributed by atoms with van der Waals surface area (Å²) in [6.45, 7) is 1.38. The minimum absolute atomic E-state index is 0.153. The van der Waals surface area contributed by atoms with Gasteiger partial charge in [-0.3, -0.25) is 14.3 Å². The number of nitrogens with zero attached hydrogens (tertiary/aromatic N) is 2. The van der Waals surface area contributed by atoms with E-state index < -0.39 is 5.97 Å². The molecule has 116 valence electrons.